The van der Waals surface area contributed by atoms with Crippen LogP contribution in [0.5, 0.6) is 0 Å². The number of hydrogen-bond acceptors (Lipinski definition) is 4. The van der Waals surface area contributed by atoms with E-state index in [0.717, 1.165) is 15.0 Å². The fraction of sp³-hybridized carbons (Fsp3) is 0.312. The molecule has 1 unspecified atom stereocenters. The van der Waals surface area contributed by atoms with Gasteiger partial charge in [0.1, 0.15) is 0 Å². The van der Waals surface area contributed by atoms with Gasteiger partial charge in [-0.15, -0.1) is 11.3 Å². The average molecular weight is 314 g/mol. The summed E-state index contributed by atoms with van der Waals surface area (Å²) in [5, 5.41) is 12.4. The highest BCUT2D eigenvalue weighted by molar-refractivity contribution is 7.20. The standard InChI is InChI=1S/C16H18N4OS/c1-11(2)13(10-20-17-7-8-18-20)19-16(21)15-9-12-5-3-4-6-14(12)22-15/h3-9,11,13H,10H2,1-2H3,(H,19,21). The van der Waals surface area contributed by atoms with Gasteiger partial charge in [-0.1, -0.05) is 32.0 Å². The maximum absolute atomic E-state index is 12.5. The van der Waals surface area contributed by atoms with Gasteiger partial charge in [-0.2, -0.15) is 15.0 Å². The quantitative estimate of drug-likeness (QED) is 0.787. The summed E-state index contributed by atoms with van der Waals surface area (Å²) in [5.41, 5.74) is 0. The smallest absolute Gasteiger partial charge is 0.261 e. The van der Waals surface area contributed by atoms with Crippen molar-refractivity contribution in [1.29, 1.82) is 0 Å². The molecule has 3 aromatic rings. The van der Waals surface area contributed by atoms with Crippen molar-refractivity contribution in [2.45, 2.75) is 26.4 Å². The maximum Gasteiger partial charge on any atom is 0.261 e. The first kappa shape index (κ1) is 14.7. The van der Waals surface area contributed by atoms with Crippen molar-refractivity contribution in [3.63, 3.8) is 0 Å². The van der Waals surface area contributed by atoms with Crippen molar-refractivity contribution in [3.05, 3.63) is 47.6 Å². The van der Waals surface area contributed by atoms with Gasteiger partial charge in [-0.25, -0.2) is 0 Å². The summed E-state index contributed by atoms with van der Waals surface area (Å²) in [7, 11) is 0. The molecule has 3 rings (SSSR count). The van der Waals surface area contributed by atoms with Crippen LogP contribution in [0.1, 0.15) is 23.5 Å². The van der Waals surface area contributed by atoms with Crippen molar-refractivity contribution >= 4 is 27.3 Å². The molecule has 1 aromatic carbocycles. The Morgan fingerprint density at radius 2 is 2.00 bits per heavy atom. The van der Waals surface area contributed by atoms with Crippen molar-refractivity contribution in [2.75, 3.05) is 0 Å². The molecule has 1 amide bonds. The lowest BCUT2D eigenvalue weighted by molar-refractivity contribution is 0.0922. The van der Waals surface area contributed by atoms with Crippen LogP contribution in [-0.2, 0) is 6.54 Å². The Morgan fingerprint density at radius 3 is 2.68 bits per heavy atom. The molecule has 0 saturated heterocycles. The predicted octanol–water partition coefficient (Wildman–Crippen LogP) is 2.95. The molecule has 0 aliphatic carbocycles. The summed E-state index contributed by atoms with van der Waals surface area (Å²) >= 11 is 1.52. The number of hydrogen-bond donors (Lipinski definition) is 1. The Morgan fingerprint density at radius 1 is 1.27 bits per heavy atom. The van der Waals surface area contributed by atoms with E-state index in [2.05, 4.69) is 29.4 Å². The van der Waals surface area contributed by atoms with E-state index in [4.69, 9.17) is 0 Å². The molecule has 1 N–H and O–H groups in total. The van der Waals surface area contributed by atoms with Gasteiger partial charge in [-0.05, 0) is 23.4 Å². The molecule has 6 heteroatoms. The van der Waals surface area contributed by atoms with E-state index >= 15 is 0 Å². The SMILES string of the molecule is CC(C)C(Cn1nccn1)NC(=O)c1cc2ccccc2s1. The van der Waals surface area contributed by atoms with Crippen LogP contribution in [0.25, 0.3) is 10.1 Å². The largest absolute Gasteiger partial charge is 0.346 e. The van der Waals surface area contributed by atoms with Crippen molar-refractivity contribution in [1.82, 2.24) is 20.3 Å². The van der Waals surface area contributed by atoms with Gasteiger partial charge in [0.2, 0.25) is 0 Å². The van der Waals surface area contributed by atoms with Gasteiger partial charge in [-0.3, -0.25) is 4.79 Å². The Bertz CT molecular complexity index is 730. The number of carbonyl (C=O) groups is 1. The molecule has 0 saturated carbocycles. The first-order chi connectivity index (χ1) is 10.6. The first-order valence-electron chi connectivity index (χ1n) is 7.27. The second-order valence-corrected chi connectivity index (χ2v) is 6.64. The monoisotopic (exact) mass is 314 g/mol. The van der Waals surface area contributed by atoms with E-state index in [-0.39, 0.29) is 11.9 Å². The van der Waals surface area contributed by atoms with Gasteiger partial charge in [0.15, 0.2) is 0 Å². The number of amides is 1. The summed E-state index contributed by atoms with van der Waals surface area (Å²) in [4.78, 5) is 14.9. The molecule has 0 aliphatic rings. The highest BCUT2D eigenvalue weighted by atomic mass is 32.1. The van der Waals surface area contributed by atoms with Crippen LogP contribution < -0.4 is 5.32 Å². The van der Waals surface area contributed by atoms with Crippen LogP contribution in [0.2, 0.25) is 0 Å². The van der Waals surface area contributed by atoms with Gasteiger partial charge in [0, 0.05) is 4.70 Å². The van der Waals surface area contributed by atoms with E-state index < -0.39 is 0 Å². The van der Waals surface area contributed by atoms with Gasteiger partial charge >= 0.3 is 0 Å². The van der Waals surface area contributed by atoms with Gasteiger partial charge in [0.25, 0.3) is 5.91 Å². The third kappa shape index (κ3) is 3.17. The van der Waals surface area contributed by atoms with Crippen molar-refractivity contribution in [2.24, 2.45) is 5.92 Å². The minimum absolute atomic E-state index is 0.00916. The molecule has 2 heterocycles. The number of benzene rings is 1. The van der Waals surface area contributed by atoms with E-state index in [1.807, 2.05) is 30.3 Å². The van der Waals surface area contributed by atoms with Crippen molar-refractivity contribution in [3.8, 4) is 0 Å². The molecule has 114 valence electrons. The van der Waals surface area contributed by atoms with Gasteiger partial charge < -0.3 is 5.32 Å². The topological polar surface area (TPSA) is 59.8 Å². The number of nitrogens with one attached hydrogen (secondary N) is 1. The second kappa shape index (κ2) is 6.27. The molecule has 5 nitrogen and oxygen atoms in total. The molecule has 0 spiro atoms. The number of nitrogens with zero attached hydrogens (tertiary/aromatic N) is 3. The fourth-order valence-electron chi connectivity index (χ4n) is 2.27. The Hall–Kier alpha value is -2.21. The number of carbonyl (C=O) groups excluding carboxylic acids is 1. The lowest BCUT2D eigenvalue weighted by atomic mass is 10.0. The van der Waals surface area contributed by atoms with E-state index in [1.165, 1.54) is 11.3 Å². The van der Waals surface area contributed by atoms with Crippen LogP contribution in [0, 0.1) is 5.92 Å². The molecule has 0 aliphatic heterocycles. The highest BCUT2D eigenvalue weighted by Gasteiger charge is 2.19. The second-order valence-electron chi connectivity index (χ2n) is 5.56. The number of rotatable bonds is 5. The number of aromatic nitrogens is 3. The fourth-order valence-corrected chi connectivity index (χ4v) is 3.24. The highest BCUT2D eigenvalue weighted by Crippen LogP contribution is 2.25. The Labute approximate surface area is 133 Å². The van der Waals surface area contributed by atoms with Gasteiger partial charge in [0.05, 0.1) is 29.9 Å². The van der Waals surface area contributed by atoms with E-state index in [1.54, 1.807) is 17.2 Å². The molecule has 22 heavy (non-hydrogen) atoms. The van der Waals surface area contributed by atoms with Crippen LogP contribution in [0.4, 0.5) is 0 Å². The molecule has 0 fully saturated rings. The summed E-state index contributed by atoms with van der Waals surface area (Å²) in [6, 6.07) is 9.96. The zero-order valence-corrected chi connectivity index (χ0v) is 13.4. The minimum Gasteiger partial charge on any atom is -0.346 e. The van der Waals surface area contributed by atoms with Crippen LogP contribution in [-0.4, -0.2) is 26.9 Å². The Balaban J connectivity index is 1.75. The maximum atomic E-state index is 12.5. The van der Waals surface area contributed by atoms with Crippen molar-refractivity contribution < 1.29 is 4.79 Å². The zero-order chi connectivity index (χ0) is 15.5. The van der Waals surface area contributed by atoms with Crippen LogP contribution in [0.3, 0.4) is 0 Å². The predicted molar refractivity (Wildman–Crippen MR) is 87.9 cm³/mol. The molecular weight excluding hydrogens is 296 g/mol. The molecular formula is C16H18N4OS. The summed E-state index contributed by atoms with van der Waals surface area (Å²) in [6.45, 7) is 4.74. The third-order valence-corrected chi connectivity index (χ3v) is 4.71. The molecule has 2 aromatic heterocycles. The summed E-state index contributed by atoms with van der Waals surface area (Å²) in [5.74, 6) is 0.261. The molecule has 0 radical (unpaired) electrons. The summed E-state index contributed by atoms with van der Waals surface area (Å²) < 4.78 is 1.13. The average Bonchev–Trinajstić information content (AvgIpc) is 3.15. The lowest BCUT2D eigenvalue weighted by Crippen LogP contribution is -2.41. The van der Waals surface area contributed by atoms with Crippen LogP contribution in [0.15, 0.2) is 42.7 Å². The minimum atomic E-state index is -0.0351. The summed E-state index contributed by atoms with van der Waals surface area (Å²) in [6.07, 6.45) is 3.29. The van der Waals surface area contributed by atoms with E-state index in [0.29, 0.717) is 12.5 Å². The number of thiophene rings is 1. The zero-order valence-electron chi connectivity index (χ0n) is 12.6. The normalized spacial score (nSPS) is 12.7. The lowest BCUT2D eigenvalue weighted by Gasteiger charge is -2.21. The first-order valence-corrected chi connectivity index (χ1v) is 8.08. The van der Waals surface area contributed by atoms with Crippen LogP contribution >= 0.6 is 11.3 Å². The third-order valence-electron chi connectivity index (χ3n) is 3.60. The van der Waals surface area contributed by atoms with E-state index in [9.17, 15) is 4.79 Å². The molecule has 1 atom stereocenters. The number of fused-ring (bicyclic) bond motifs is 1. The molecule has 0 bridgehead atoms. The Kier molecular flexibility index (Phi) is 4.20.